The lowest BCUT2D eigenvalue weighted by Crippen LogP contribution is -2.17. The first-order valence-corrected chi connectivity index (χ1v) is 9.06. The number of carbonyl (C=O) groups is 1. The number of ether oxygens (including phenoxy) is 1. The van der Waals surface area contributed by atoms with Gasteiger partial charge >= 0.3 is 0 Å². The van der Waals surface area contributed by atoms with E-state index in [-0.39, 0.29) is 17.4 Å². The highest BCUT2D eigenvalue weighted by molar-refractivity contribution is 7.99. The molecule has 1 atom stereocenters. The summed E-state index contributed by atoms with van der Waals surface area (Å²) < 4.78 is 11.0. The average Bonchev–Trinajstić information content (AvgIpc) is 3.18. The molecule has 0 aliphatic carbocycles. The number of pyridine rings is 1. The molecule has 0 unspecified atom stereocenters. The summed E-state index contributed by atoms with van der Waals surface area (Å²) >= 11 is 1.87. The van der Waals surface area contributed by atoms with E-state index in [0.717, 1.165) is 23.6 Å². The van der Waals surface area contributed by atoms with Crippen molar-refractivity contribution in [2.75, 3.05) is 16.8 Å². The minimum Gasteiger partial charge on any atom is -0.473 e. The van der Waals surface area contributed by atoms with E-state index >= 15 is 0 Å². The van der Waals surface area contributed by atoms with E-state index in [0.29, 0.717) is 17.3 Å². The summed E-state index contributed by atoms with van der Waals surface area (Å²) in [7, 11) is 0. The number of thioether (sulfide) groups is 1. The number of rotatable bonds is 4. The van der Waals surface area contributed by atoms with Crippen molar-refractivity contribution in [3.8, 4) is 5.88 Å². The molecular formula is C17H21N3O3S. The standard InChI is InChI=1S/C17H21N3O3S/c1-17(2,3)13-9-15(23-20-13)19-16(21)11-4-6-18-14(8-11)22-12-5-7-24-10-12/h4,6,8-9,12H,5,7,10H2,1-3H3,(H,19,21)/t12-/m1/s1. The fraction of sp³-hybridized carbons (Fsp3) is 0.471. The summed E-state index contributed by atoms with van der Waals surface area (Å²) in [5, 5.41) is 6.71. The van der Waals surface area contributed by atoms with Crippen LogP contribution in [0.25, 0.3) is 0 Å². The average molecular weight is 347 g/mol. The Bertz CT molecular complexity index is 718. The van der Waals surface area contributed by atoms with Crippen LogP contribution in [-0.2, 0) is 5.41 Å². The molecule has 1 fully saturated rings. The van der Waals surface area contributed by atoms with Crippen molar-refractivity contribution in [3.05, 3.63) is 35.7 Å². The number of nitrogens with zero attached hydrogens (tertiary/aromatic N) is 2. The van der Waals surface area contributed by atoms with Gasteiger partial charge in [0.2, 0.25) is 11.8 Å². The molecule has 2 aromatic rings. The predicted octanol–water partition coefficient (Wildman–Crippen LogP) is 3.50. The zero-order chi connectivity index (χ0) is 17.2. The van der Waals surface area contributed by atoms with Crippen molar-refractivity contribution in [2.24, 2.45) is 0 Å². The molecule has 0 radical (unpaired) electrons. The van der Waals surface area contributed by atoms with E-state index in [1.54, 1.807) is 24.4 Å². The van der Waals surface area contributed by atoms with E-state index < -0.39 is 0 Å². The molecular weight excluding hydrogens is 326 g/mol. The molecule has 0 spiro atoms. The number of anilines is 1. The number of carbonyl (C=O) groups excluding carboxylic acids is 1. The van der Waals surface area contributed by atoms with Crippen LogP contribution in [0.4, 0.5) is 5.88 Å². The third-order valence-corrected chi connectivity index (χ3v) is 4.82. The van der Waals surface area contributed by atoms with Gasteiger partial charge in [-0.25, -0.2) is 4.98 Å². The first-order chi connectivity index (χ1) is 11.4. The van der Waals surface area contributed by atoms with Crippen LogP contribution in [-0.4, -0.2) is 33.7 Å². The monoisotopic (exact) mass is 347 g/mol. The van der Waals surface area contributed by atoms with Gasteiger partial charge in [0.25, 0.3) is 5.91 Å². The number of hydrogen-bond donors (Lipinski definition) is 1. The van der Waals surface area contributed by atoms with Crippen molar-refractivity contribution >= 4 is 23.6 Å². The predicted molar refractivity (Wildman–Crippen MR) is 93.8 cm³/mol. The van der Waals surface area contributed by atoms with Crippen molar-refractivity contribution in [2.45, 2.75) is 38.7 Å². The normalized spacial score (nSPS) is 17.7. The van der Waals surface area contributed by atoms with Gasteiger partial charge in [-0.1, -0.05) is 25.9 Å². The van der Waals surface area contributed by atoms with Gasteiger partial charge in [-0.3, -0.25) is 10.1 Å². The lowest BCUT2D eigenvalue weighted by atomic mass is 9.92. The second kappa shape index (κ2) is 6.84. The molecule has 0 aromatic carbocycles. The van der Waals surface area contributed by atoms with Gasteiger partial charge in [-0.15, -0.1) is 0 Å². The quantitative estimate of drug-likeness (QED) is 0.912. The Balaban J connectivity index is 1.67. The molecule has 1 amide bonds. The third-order valence-electron chi connectivity index (χ3n) is 3.69. The third kappa shape index (κ3) is 4.08. The van der Waals surface area contributed by atoms with Crippen LogP contribution in [0.3, 0.4) is 0 Å². The first-order valence-electron chi connectivity index (χ1n) is 7.91. The van der Waals surface area contributed by atoms with Crippen LogP contribution in [0.2, 0.25) is 0 Å². The molecule has 6 nitrogen and oxygen atoms in total. The van der Waals surface area contributed by atoms with Crippen molar-refractivity contribution in [1.82, 2.24) is 10.1 Å². The maximum absolute atomic E-state index is 12.4. The largest absolute Gasteiger partial charge is 0.473 e. The summed E-state index contributed by atoms with van der Waals surface area (Å²) in [5.41, 5.74) is 1.12. The van der Waals surface area contributed by atoms with Crippen molar-refractivity contribution in [1.29, 1.82) is 0 Å². The maximum atomic E-state index is 12.4. The van der Waals surface area contributed by atoms with E-state index in [1.165, 1.54) is 0 Å². The molecule has 0 bridgehead atoms. The molecule has 24 heavy (non-hydrogen) atoms. The Morgan fingerprint density at radius 1 is 1.42 bits per heavy atom. The number of amides is 1. The van der Waals surface area contributed by atoms with Crippen molar-refractivity contribution < 1.29 is 14.1 Å². The van der Waals surface area contributed by atoms with Gasteiger partial charge in [0.05, 0.1) is 5.69 Å². The Morgan fingerprint density at radius 3 is 2.92 bits per heavy atom. The van der Waals surface area contributed by atoms with Gasteiger partial charge in [0.1, 0.15) is 6.10 Å². The van der Waals surface area contributed by atoms with E-state index in [4.69, 9.17) is 9.26 Å². The molecule has 1 N–H and O–H groups in total. The Kier molecular flexibility index (Phi) is 4.80. The fourth-order valence-corrected chi connectivity index (χ4v) is 3.36. The van der Waals surface area contributed by atoms with Gasteiger partial charge in [0.15, 0.2) is 0 Å². The summed E-state index contributed by atoms with van der Waals surface area (Å²) in [5.74, 6) is 2.59. The van der Waals surface area contributed by atoms with Crippen molar-refractivity contribution in [3.63, 3.8) is 0 Å². The lowest BCUT2D eigenvalue weighted by Gasteiger charge is -2.12. The zero-order valence-corrected chi connectivity index (χ0v) is 14.9. The molecule has 1 aliphatic heterocycles. The van der Waals surface area contributed by atoms with Gasteiger partial charge < -0.3 is 9.26 Å². The molecule has 3 rings (SSSR count). The van der Waals surface area contributed by atoms with Gasteiger partial charge in [0, 0.05) is 35.1 Å². The number of nitrogens with one attached hydrogen (secondary N) is 1. The van der Waals surface area contributed by atoms with E-state index in [9.17, 15) is 4.79 Å². The second-order valence-electron chi connectivity index (χ2n) is 6.77. The second-order valence-corrected chi connectivity index (χ2v) is 7.92. The SMILES string of the molecule is CC(C)(C)c1cc(NC(=O)c2ccnc(O[C@@H]3CCSC3)c2)on1. The van der Waals surface area contributed by atoms with Gasteiger partial charge in [-0.2, -0.15) is 11.8 Å². The minimum absolute atomic E-state index is 0.135. The molecule has 0 saturated carbocycles. The minimum atomic E-state index is -0.278. The van der Waals surface area contributed by atoms with Crippen LogP contribution in [0, 0.1) is 0 Å². The summed E-state index contributed by atoms with van der Waals surface area (Å²) in [4.78, 5) is 16.6. The molecule has 1 saturated heterocycles. The van der Waals surface area contributed by atoms with Crippen LogP contribution >= 0.6 is 11.8 Å². The van der Waals surface area contributed by atoms with Crippen LogP contribution in [0.1, 0.15) is 43.2 Å². The van der Waals surface area contributed by atoms with E-state index in [1.807, 2.05) is 32.5 Å². The lowest BCUT2D eigenvalue weighted by molar-refractivity contribution is 0.102. The Morgan fingerprint density at radius 2 is 2.25 bits per heavy atom. The Labute approximate surface area is 145 Å². The summed E-state index contributed by atoms with van der Waals surface area (Å²) in [6.07, 6.45) is 2.76. The first kappa shape index (κ1) is 16.8. The zero-order valence-electron chi connectivity index (χ0n) is 14.0. The topological polar surface area (TPSA) is 77.2 Å². The fourth-order valence-electron chi connectivity index (χ4n) is 2.26. The molecule has 7 heteroatoms. The number of hydrogen-bond acceptors (Lipinski definition) is 6. The van der Waals surface area contributed by atoms with Crippen LogP contribution in [0.15, 0.2) is 28.9 Å². The molecule has 128 valence electrons. The summed E-state index contributed by atoms with van der Waals surface area (Å²) in [6.45, 7) is 6.10. The Hall–Kier alpha value is -2.02. The molecule has 1 aliphatic rings. The molecule has 3 heterocycles. The van der Waals surface area contributed by atoms with Crippen LogP contribution < -0.4 is 10.1 Å². The van der Waals surface area contributed by atoms with E-state index in [2.05, 4.69) is 15.5 Å². The smallest absolute Gasteiger partial charge is 0.258 e. The van der Waals surface area contributed by atoms with Crippen LogP contribution in [0.5, 0.6) is 5.88 Å². The summed E-state index contributed by atoms with van der Waals surface area (Å²) in [6, 6.07) is 5.04. The highest BCUT2D eigenvalue weighted by Crippen LogP contribution is 2.25. The highest BCUT2D eigenvalue weighted by Gasteiger charge is 2.21. The molecule has 2 aromatic heterocycles. The van der Waals surface area contributed by atoms with Gasteiger partial charge in [-0.05, 0) is 18.2 Å². The maximum Gasteiger partial charge on any atom is 0.258 e. The highest BCUT2D eigenvalue weighted by atomic mass is 32.2. The number of aromatic nitrogens is 2.